The summed E-state index contributed by atoms with van der Waals surface area (Å²) in [6.45, 7) is -6.48. The zero-order valence-electron chi connectivity index (χ0n) is 27.7. The number of hydrogen-bond donors (Lipinski definition) is 11. The smallest absolute Gasteiger partial charge is 0.317 e. The minimum atomic E-state index is -1.88. The van der Waals surface area contributed by atoms with E-state index in [0.717, 1.165) is 9.80 Å². The van der Waals surface area contributed by atoms with E-state index in [0.29, 0.717) is 5.56 Å². The molecular weight excluding hydrogens is 688 g/mol. The average Bonchev–Trinajstić information content (AvgIpc) is 3.04. The average molecular weight is 735 g/mol. The van der Waals surface area contributed by atoms with E-state index in [9.17, 15) is 74.7 Å². The molecule has 0 aliphatic rings. The highest BCUT2D eigenvalue weighted by molar-refractivity contribution is 5.77. The molecule has 21 heteroatoms. The molecule has 0 heterocycles. The predicted molar refractivity (Wildman–Crippen MR) is 170 cm³/mol. The number of carbonyl (C=O) groups is 6. The van der Waals surface area contributed by atoms with Gasteiger partial charge in [-0.3, -0.25) is 43.5 Å². The first-order valence-electron chi connectivity index (χ1n) is 15.4. The van der Waals surface area contributed by atoms with Crippen LogP contribution in [0.4, 0.5) is 0 Å². The van der Waals surface area contributed by atoms with E-state index in [1.165, 1.54) is 36.2 Å². The third-order valence-electron chi connectivity index (χ3n) is 7.50. The van der Waals surface area contributed by atoms with Crippen LogP contribution in [-0.2, 0) is 39.9 Å². The number of aliphatic hydroxyl groups is 5. The molecule has 0 spiro atoms. The Morgan fingerprint density at radius 3 is 1.59 bits per heavy atom. The number of aliphatic hydroxyl groups excluding tert-OH is 5. The molecule has 0 saturated heterocycles. The van der Waals surface area contributed by atoms with Gasteiger partial charge in [-0.15, -0.1) is 0 Å². The van der Waals surface area contributed by atoms with Crippen molar-refractivity contribution in [3.63, 3.8) is 0 Å². The summed E-state index contributed by atoms with van der Waals surface area (Å²) in [7, 11) is 1.30. The summed E-state index contributed by atoms with van der Waals surface area (Å²) in [5.74, 6) is -7.69. The van der Waals surface area contributed by atoms with Gasteiger partial charge < -0.3 is 61.1 Å². The number of likely N-dealkylation sites (N-methyl/N-ethyl adjacent to an activating group) is 1. The Balaban J connectivity index is 3.66. The second kappa shape index (κ2) is 22.5. The molecule has 1 amide bonds. The second-order valence-corrected chi connectivity index (χ2v) is 11.5. The number of ether oxygens (including phenoxy) is 1. The van der Waals surface area contributed by atoms with Crippen molar-refractivity contribution in [1.82, 2.24) is 20.0 Å². The number of amides is 1. The highest BCUT2D eigenvalue weighted by Crippen LogP contribution is 2.28. The molecule has 6 unspecified atom stereocenters. The van der Waals surface area contributed by atoms with Gasteiger partial charge >= 0.3 is 29.8 Å². The normalized spacial score (nSPS) is 15.2. The van der Waals surface area contributed by atoms with E-state index in [2.05, 4.69) is 5.32 Å². The van der Waals surface area contributed by atoms with Gasteiger partial charge in [-0.2, -0.15) is 0 Å². The van der Waals surface area contributed by atoms with Crippen LogP contribution in [0.2, 0.25) is 0 Å². The Bertz CT molecular complexity index is 1270. The molecule has 0 fully saturated rings. The van der Waals surface area contributed by atoms with E-state index in [1.54, 1.807) is 0 Å². The molecule has 51 heavy (non-hydrogen) atoms. The van der Waals surface area contributed by atoms with Crippen LogP contribution in [0.5, 0.6) is 0 Å². The number of nitrogens with zero attached hydrogens (tertiary/aromatic N) is 3. The quantitative estimate of drug-likeness (QED) is 0.0404. The van der Waals surface area contributed by atoms with Crippen LogP contribution in [-0.4, -0.2) is 205 Å². The summed E-state index contributed by atoms with van der Waals surface area (Å²) < 4.78 is 5.90. The number of rotatable bonds is 27. The van der Waals surface area contributed by atoms with E-state index in [4.69, 9.17) is 9.84 Å². The molecule has 1 aromatic rings. The van der Waals surface area contributed by atoms with Crippen LogP contribution in [0.15, 0.2) is 24.3 Å². The van der Waals surface area contributed by atoms with Crippen molar-refractivity contribution in [2.45, 2.75) is 43.0 Å². The van der Waals surface area contributed by atoms with Crippen LogP contribution in [0, 0.1) is 0 Å². The Morgan fingerprint density at radius 1 is 0.686 bits per heavy atom. The van der Waals surface area contributed by atoms with Crippen LogP contribution < -0.4 is 5.32 Å². The lowest BCUT2D eigenvalue weighted by atomic mass is 9.95. The molecule has 21 nitrogen and oxygen atoms in total. The molecule has 0 saturated carbocycles. The van der Waals surface area contributed by atoms with Crippen molar-refractivity contribution in [3.8, 4) is 0 Å². The molecule has 1 aromatic carbocycles. The minimum absolute atomic E-state index is 0.216. The number of hydrogen-bond acceptors (Lipinski definition) is 15. The lowest BCUT2D eigenvalue weighted by Gasteiger charge is -2.38. The summed E-state index contributed by atoms with van der Waals surface area (Å²) in [6, 6.07) is 4.35. The van der Waals surface area contributed by atoms with Crippen molar-refractivity contribution < 1.29 is 84.6 Å². The highest BCUT2D eigenvalue weighted by atomic mass is 16.5. The fourth-order valence-electron chi connectivity index (χ4n) is 5.05. The molecule has 0 aromatic heterocycles. The van der Waals surface area contributed by atoms with Crippen LogP contribution in [0.25, 0.3) is 0 Å². The lowest BCUT2D eigenvalue weighted by Crippen LogP contribution is -2.53. The van der Waals surface area contributed by atoms with Gasteiger partial charge in [0.2, 0.25) is 5.91 Å². The standard InChI is InChI=1S/C30H46N4O17/c1-31-22(38)16-51-30(18-4-2-17(3-5-18)8-20(36)28(49)29(50)21(37)15-35)19(34(13-26(45)46)14-27(47)48)9-32(10-23(39)40)6-7-33(11-24(41)42)12-25(43)44/h2-5,19-21,28-30,35-37,49-50H,6-16H2,1H3,(H,31,38)(H,39,40)(H,41,42)(H,43,44)(H,45,46)(H,47,48). The number of carboxylic acids is 5. The van der Waals surface area contributed by atoms with Gasteiger partial charge in [0.25, 0.3) is 0 Å². The Labute approximate surface area is 291 Å². The monoisotopic (exact) mass is 734 g/mol. The van der Waals surface area contributed by atoms with E-state index >= 15 is 0 Å². The number of nitrogens with one attached hydrogen (secondary N) is 1. The van der Waals surface area contributed by atoms with Crippen molar-refractivity contribution >= 4 is 35.8 Å². The predicted octanol–water partition coefficient (Wildman–Crippen LogP) is -4.83. The van der Waals surface area contributed by atoms with Gasteiger partial charge in [-0.25, -0.2) is 0 Å². The topological polar surface area (TPSA) is 336 Å². The number of carbonyl (C=O) groups excluding carboxylic acids is 1. The highest BCUT2D eigenvalue weighted by Gasteiger charge is 2.35. The molecule has 1 rings (SSSR count). The first-order chi connectivity index (χ1) is 23.9. The SMILES string of the molecule is CNC(=O)COC(c1ccc(CC(O)C(O)C(O)C(O)CO)cc1)C(CN(CCN(CC(=O)O)CC(=O)O)CC(=O)O)N(CC(=O)O)CC(=O)O. The summed E-state index contributed by atoms with van der Waals surface area (Å²) in [6.07, 6.45) is -8.71. The van der Waals surface area contributed by atoms with Gasteiger partial charge in [-0.05, 0) is 11.1 Å². The number of carboxylic acid groups (broad SMARTS) is 5. The van der Waals surface area contributed by atoms with Crippen molar-refractivity contribution in [2.24, 2.45) is 0 Å². The van der Waals surface area contributed by atoms with Gasteiger partial charge in [0.15, 0.2) is 0 Å². The zero-order chi connectivity index (χ0) is 38.8. The summed E-state index contributed by atoms with van der Waals surface area (Å²) in [5, 5.41) is 98.9. The van der Waals surface area contributed by atoms with Gasteiger partial charge in [0.1, 0.15) is 24.9 Å². The lowest BCUT2D eigenvalue weighted by molar-refractivity contribution is -0.148. The Kier molecular flexibility index (Phi) is 19.7. The molecule has 0 aliphatic heterocycles. The largest absolute Gasteiger partial charge is 0.480 e. The van der Waals surface area contributed by atoms with Crippen LogP contribution >= 0.6 is 0 Å². The molecule has 11 N–H and O–H groups in total. The fourth-order valence-corrected chi connectivity index (χ4v) is 5.05. The summed E-state index contributed by atoms with van der Waals surface area (Å²) in [5.41, 5.74) is 0.572. The van der Waals surface area contributed by atoms with E-state index < -0.39 is 125 Å². The number of benzene rings is 1. The Hall–Kier alpha value is -4.32. The third kappa shape index (κ3) is 17.0. The van der Waals surface area contributed by atoms with Crippen molar-refractivity contribution in [2.75, 3.05) is 72.6 Å². The molecule has 6 atom stereocenters. The summed E-state index contributed by atoms with van der Waals surface area (Å²) in [4.78, 5) is 73.7. The minimum Gasteiger partial charge on any atom is -0.480 e. The molecular formula is C30H46N4O17. The van der Waals surface area contributed by atoms with E-state index in [-0.39, 0.29) is 25.1 Å². The van der Waals surface area contributed by atoms with Gasteiger partial charge in [0, 0.05) is 33.1 Å². The number of aliphatic carboxylic acids is 5. The van der Waals surface area contributed by atoms with Crippen molar-refractivity contribution in [1.29, 1.82) is 0 Å². The third-order valence-corrected chi connectivity index (χ3v) is 7.50. The first kappa shape index (κ1) is 44.7. The maximum absolute atomic E-state index is 12.2. The maximum Gasteiger partial charge on any atom is 0.317 e. The Morgan fingerprint density at radius 2 is 1.14 bits per heavy atom. The summed E-state index contributed by atoms with van der Waals surface area (Å²) >= 11 is 0. The molecule has 0 aliphatic carbocycles. The maximum atomic E-state index is 12.2. The molecule has 288 valence electrons. The van der Waals surface area contributed by atoms with Crippen LogP contribution in [0.1, 0.15) is 17.2 Å². The van der Waals surface area contributed by atoms with Crippen LogP contribution in [0.3, 0.4) is 0 Å². The molecule has 0 bridgehead atoms. The zero-order valence-corrected chi connectivity index (χ0v) is 27.7. The first-order valence-corrected chi connectivity index (χ1v) is 15.4. The fraction of sp³-hybridized carbons (Fsp3) is 0.600. The molecule has 0 radical (unpaired) electrons. The van der Waals surface area contributed by atoms with Crippen molar-refractivity contribution in [3.05, 3.63) is 35.4 Å². The van der Waals surface area contributed by atoms with Gasteiger partial charge in [-0.1, -0.05) is 24.3 Å². The van der Waals surface area contributed by atoms with Gasteiger partial charge in [0.05, 0.1) is 57.6 Å². The second-order valence-electron chi connectivity index (χ2n) is 11.5. The van der Waals surface area contributed by atoms with E-state index in [1.807, 2.05) is 0 Å².